The predicted molar refractivity (Wildman–Crippen MR) is 40.1 cm³/mol. The average molecular weight is 183 g/mol. The van der Waals surface area contributed by atoms with Crippen LogP contribution < -0.4 is 5.73 Å². The molecule has 6 heteroatoms. The first-order valence-corrected chi connectivity index (χ1v) is 3.47. The Balaban J connectivity index is 3.92. The third-order valence-corrected chi connectivity index (χ3v) is 1.24. The molecule has 0 atom stereocenters. The molecule has 0 aromatic rings. The first kappa shape index (κ1) is 11.2. The van der Waals surface area contributed by atoms with Gasteiger partial charge in [-0.25, -0.2) is 0 Å². The molecule has 0 aliphatic carbocycles. The minimum Gasteiger partial charge on any atom is -0.387 e. The molecular formula is C6H12F3N3. The highest BCUT2D eigenvalue weighted by Gasteiger charge is 2.30. The lowest BCUT2D eigenvalue weighted by atomic mass is 10.4. The number of hydrogen-bond donors (Lipinski definition) is 2. The number of hydrogen-bond acceptors (Lipinski definition) is 2. The molecule has 0 saturated heterocycles. The summed E-state index contributed by atoms with van der Waals surface area (Å²) in [6.07, 6.45) is -4.22. The molecule has 0 radical (unpaired) electrons. The Morgan fingerprint density at radius 2 is 2.00 bits per heavy atom. The molecule has 0 saturated carbocycles. The largest absolute Gasteiger partial charge is 0.401 e. The number of amidine groups is 1. The van der Waals surface area contributed by atoms with Crippen molar-refractivity contribution in [1.82, 2.24) is 4.90 Å². The molecule has 0 rings (SSSR count). The second kappa shape index (κ2) is 4.30. The first-order chi connectivity index (χ1) is 5.35. The van der Waals surface area contributed by atoms with E-state index in [-0.39, 0.29) is 18.9 Å². The van der Waals surface area contributed by atoms with Gasteiger partial charge in [0, 0.05) is 0 Å². The van der Waals surface area contributed by atoms with Crippen molar-refractivity contribution in [2.45, 2.75) is 13.1 Å². The summed E-state index contributed by atoms with van der Waals surface area (Å²) in [6, 6.07) is 0. The Morgan fingerprint density at radius 3 is 2.25 bits per heavy atom. The van der Waals surface area contributed by atoms with E-state index in [1.54, 1.807) is 6.92 Å². The number of alkyl halides is 3. The van der Waals surface area contributed by atoms with Crippen LogP contribution in [0.15, 0.2) is 0 Å². The molecule has 12 heavy (non-hydrogen) atoms. The van der Waals surface area contributed by atoms with Gasteiger partial charge in [0.1, 0.15) is 5.84 Å². The summed E-state index contributed by atoms with van der Waals surface area (Å²) in [4.78, 5) is 1.06. The normalized spacial score (nSPS) is 12.1. The van der Waals surface area contributed by atoms with E-state index in [2.05, 4.69) is 0 Å². The van der Waals surface area contributed by atoms with Crippen LogP contribution in [0.4, 0.5) is 13.2 Å². The molecule has 3 N–H and O–H groups in total. The second-order valence-electron chi connectivity index (χ2n) is 2.44. The highest BCUT2D eigenvalue weighted by Crippen LogP contribution is 2.15. The van der Waals surface area contributed by atoms with Crippen molar-refractivity contribution >= 4 is 5.84 Å². The molecule has 3 nitrogen and oxygen atoms in total. The molecule has 72 valence electrons. The van der Waals surface area contributed by atoms with E-state index in [0.717, 1.165) is 4.90 Å². The van der Waals surface area contributed by atoms with Crippen LogP contribution in [0.1, 0.15) is 6.92 Å². The zero-order valence-electron chi connectivity index (χ0n) is 6.78. The molecule has 0 aromatic carbocycles. The molecule has 0 aliphatic heterocycles. The van der Waals surface area contributed by atoms with Crippen molar-refractivity contribution in [3.8, 4) is 0 Å². The van der Waals surface area contributed by atoms with Crippen molar-refractivity contribution in [3.63, 3.8) is 0 Å². The number of nitrogens with two attached hydrogens (primary N) is 1. The van der Waals surface area contributed by atoms with Crippen molar-refractivity contribution in [3.05, 3.63) is 0 Å². The zero-order chi connectivity index (χ0) is 9.78. The van der Waals surface area contributed by atoms with Gasteiger partial charge >= 0.3 is 6.18 Å². The van der Waals surface area contributed by atoms with Crippen molar-refractivity contribution in [1.29, 1.82) is 5.41 Å². The van der Waals surface area contributed by atoms with Crippen LogP contribution in [0.2, 0.25) is 0 Å². The Kier molecular flexibility index (Phi) is 4.02. The topological polar surface area (TPSA) is 53.1 Å². The van der Waals surface area contributed by atoms with Gasteiger partial charge in [0.05, 0.1) is 13.1 Å². The lowest BCUT2D eigenvalue weighted by molar-refractivity contribution is -0.143. The van der Waals surface area contributed by atoms with Gasteiger partial charge in [-0.15, -0.1) is 0 Å². The quantitative estimate of drug-likeness (QED) is 0.500. The maximum atomic E-state index is 11.8. The van der Waals surface area contributed by atoms with E-state index in [9.17, 15) is 13.2 Å². The Bertz CT molecular complexity index is 155. The summed E-state index contributed by atoms with van der Waals surface area (Å²) < 4.78 is 35.4. The monoisotopic (exact) mass is 183 g/mol. The summed E-state index contributed by atoms with van der Waals surface area (Å²) in [5.74, 6) is -0.249. The van der Waals surface area contributed by atoms with E-state index < -0.39 is 12.7 Å². The number of nitrogens with one attached hydrogen (secondary N) is 1. The zero-order valence-corrected chi connectivity index (χ0v) is 6.78. The molecule has 0 aliphatic rings. The lowest BCUT2D eigenvalue weighted by Crippen LogP contribution is -2.39. The SMILES string of the molecule is CCN(CC(=N)N)CC(F)(F)F. The summed E-state index contributed by atoms with van der Waals surface area (Å²) >= 11 is 0. The van der Waals surface area contributed by atoms with E-state index in [1.165, 1.54) is 0 Å². The van der Waals surface area contributed by atoms with Gasteiger partial charge in [-0.1, -0.05) is 6.92 Å². The maximum absolute atomic E-state index is 11.8. The Hall–Kier alpha value is -0.780. The number of nitrogens with zero attached hydrogens (tertiary/aromatic N) is 1. The standard InChI is InChI=1S/C6H12F3N3/c1-2-12(3-5(10)11)4-6(7,8)9/h2-4H2,1H3,(H3,10,11). The summed E-state index contributed by atoms with van der Waals surface area (Å²) in [6.45, 7) is 0.687. The minimum atomic E-state index is -4.22. The first-order valence-electron chi connectivity index (χ1n) is 3.47. The Morgan fingerprint density at radius 1 is 1.50 bits per heavy atom. The van der Waals surface area contributed by atoms with Gasteiger partial charge in [0.25, 0.3) is 0 Å². The van der Waals surface area contributed by atoms with Crippen LogP contribution in [0.25, 0.3) is 0 Å². The van der Waals surface area contributed by atoms with Gasteiger partial charge in [-0.3, -0.25) is 10.3 Å². The van der Waals surface area contributed by atoms with E-state index in [4.69, 9.17) is 11.1 Å². The molecule has 0 spiro atoms. The maximum Gasteiger partial charge on any atom is 0.401 e. The predicted octanol–water partition coefficient (Wildman–Crippen LogP) is 0.807. The van der Waals surface area contributed by atoms with Crippen LogP contribution in [0, 0.1) is 5.41 Å². The third kappa shape index (κ3) is 5.96. The summed E-state index contributed by atoms with van der Waals surface area (Å²) in [5.41, 5.74) is 4.96. The van der Waals surface area contributed by atoms with Gasteiger partial charge in [-0.2, -0.15) is 13.2 Å². The fourth-order valence-corrected chi connectivity index (χ4v) is 0.774. The van der Waals surface area contributed by atoms with Crippen molar-refractivity contribution < 1.29 is 13.2 Å². The fourth-order valence-electron chi connectivity index (χ4n) is 0.774. The van der Waals surface area contributed by atoms with Gasteiger partial charge in [0.2, 0.25) is 0 Å². The number of likely N-dealkylation sites (N-methyl/N-ethyl adjacent to an activating group) is 1. The van der Waals surface area contributed by atoms with Gasteiger partial charge in [-0.05, 0) is 6.54 Å². The molecule has 0 unspecified atom stereocenters. The molecule has 0 amide bonds. The van der Waals surface area contributed by atoms with Gasteiger partial charge < -0.3 is 5.73 Å². The second-order valence-corrected chi connectivity index (χ2v) is 2.44. The summed E-state index contributed by atoms with van der Waals surface area (Å²) in [7, 11) is 0. The lowest BCUT2D eigenvalue weighted by Gasteiger charge is -2.20. The van der Waals surface area contributed by atoms with Crippen LogP contribution in [-0.4, -0.2) is 36.5 Å². The number of rotatable bonds is 4. The smallest absolute Gasteiger partial charge is 0.387 e. The molecule has 0 aromatic heterocycles. The van der Waals surface area contributed by atoms with Crippen LogP contribution in [-0.2, 0) is 0 Å². The van der Waals surface area contributed by atoms with Crippen LogP contribution in [0.5, 0.6) is 0 Å². The van der Waals surface area contributed by atoms with Crippen molar-refractivity contribution in [2.24, 2.45) is 5.73 Å². The molecule has 0 heterocycles. The average Bonchev–Trinajstić information content (AvgIpc) is 1.82. The fraction of sp³-hybridized carbons (Fsp3) is 0.833. The van der Waals surface area contributed by atoms with E-state index >= 15 is 0 Å². The highest BCUT2D eigenvalue weighted by molar-refractivity contribution is 5.78. The summed E-state index contributed by atoms with van der Waals surface area (Å²) in [5, 5.41) is 6.80. The van der Waals surface area contributed by atoms with Gasteiger partial charge in [0.15, 0.2) is 0 Å². The molecule has 0 fully saturated rings. The van der Waals surface area contributed by atoms with E-state index in [1.807, 2.05) is 0 Å². The van der Waals surface area contributed by atoms with Crippen LogP contribution >= 0.6 is 0 Å². The third-order valence-electron chi connectivity index (χ3n) is 1.24. The minimum absolute atomic E-state index is 0.129. The molecule has 0 bridgehead atoms. The van der Waals surface area contributed by atoms with E-state index in [0.29, 0.717) is 0 Å². The van der Waals surface area contributed by atoms with Crippen LogP contribution in [0.3, 0.4) is 0 Å². The van der Waals surface area contributed by atoms with Crippen molar-refractivity contribution in [2.75, 3.05) is 19.6 Å². The Labute approximate surface area is 68.8 Å². The molecular weight excluding hydrogens is 171 g/mol. The number of halogens is 3. The highest BCUT2D eigenvalue weighted by atomic mass is 19.4.